The molecule has 2 rings (SSSR count). The third-order valence-electron chi connectivity index (χ3n) is 3.33. The molecule has 4 heteroatoms. The molecule has 0 atom stereocenters. The van der Waals surface area contributed by atoms with Crippen molar-refractivity contribution in [2.75, 3.05) is 32.6 Å². The van der Waals surface area contributed by atoms with Crippen LogP contribution < -0.4 is 15.4 Å². The van der Waals surface area contributed by atoms with E-state index in [1.165, 1.54) is 26.0 Å². The quantitative estimate of drug-likeness (QED) is 0.797. The van der Waals surface area contributed by atoms with Crippen molar-refractivity contribution in [3.8, 4) is 5.75 Å². The highest BCUT2D eigenvalue weighted by molar-refractivity contribution is 5.47. The summed E-state index contributed by atoms with van der Waals surface area (Å²) in [6.07, 6.45) is 2.47. The summed E-state index contributed by atoms with van der Waals surface area (Å²) in [5.41, 5.74) is 1.18. The SMILES string of the molecule is CNCC1(CNc2ccc(OC)c(F)c2)CC1. The molecule has 0 spiro atoms. The second-order valence-corrected chi connectivity index (χ2v) is 4.73. The highest BCUT2D eigenvalue weighted by atomic mass is 19.1. The fourth-order valence-corrected chi connectivity index (χ4v) is 2.03. The molecule has 0 aromatic heterocycles. The number of hydrogen-bond donors (Lipinski definition) is 2. The van der Waals surface area contributed by atoms with E-state index < -0.39 is 0 Å². The van der Waals surface area contributed by atoms with E-state index in [2.05, 4.69) is 10.6 Å². The molecule has 94 valence electrons. The largest absolute Gasteiger partial charge is 0.494 e. The molecular weight excluding hydrogens is 219 g/mol. The van der Waals surface area contributed by atoms with Gasteiger partial charge in [-0.05, 0) is 32.0 Å². The Bertz CT molecular complexity index is 391. The molecule has 3 nitrogen and oxygen atoms in total. The van der Waals surface area contributed by atoms with Crippen LogP contribution in [-0.4, -0.2) is 27.2 Å². The lowest BCUT2D eigenvalue weighted by atomic mass is 10.1. The van der Waals surface area contributed by atoms with Crippen molar-refractivity contribution in [2.45, 2.75) is 12.8 Å². The van der Waals surface area contributed by atoms with Gasteiger partial charge in [0.15, 0.2) is 11.6 Å². The third-order valence-corrected chi connectivity index (χ3v) is 3.33. The Kier molecular flexibility index (Phi) is 3.52. The molecule has 1 saturated carbocycles. The summed E-state index contributed by atoms with van der Waals surface area (Å²) in [6, 6.07) is 4.97. The van der Waals surface area contributed by atoms with Crippen LogP contribution in [0.4, 0.5) is 10.1 Å². The van der Waals surface area contributed by atoms with Gasteiger partial charge in [0.1, 0.15) is 0 Å². The number of anilines is 1. The van der Waals surface area contributed by atoms with Crippen LogP contribution in [0.1, 0.15) is 12.8 Å². The van der Waals surface area contributed by atoms with Gasteiger partial charge < -0.3 is 15.4 Å². The van der Waals surface area contributed by atoms with E-state index in [4.69, 9.17) is 4.74 Å². The summed E-state index contributed by atoms with van der Waals surface area (Å²) < 4.78 is 18.3. The predicted molar refractivity (Wildman–Crippen MR) is 67.0 cm³/mol. The van der Waals surface area contributed by atoms with E-state index in [1.807, 2.05) is 13.1 Å². The minimum Gasteiger partial charge on any atom is -0.494 e. The molecule has 0 amide bonds. The second kappa shape index (κ2) is 4.92. The zero-order chi connectivity index (χ0) is 12.3. The van der Waals surface area contributed by atoms with E-state index in [0.29, 0.717) is 5.41 Å². The van der Waals surface area contributed by atoms with Gasteiger partial charge in [0.25, 0.3) is 0 Å². The van der Waals surface area contributed by atoms with Gasteiger partial charge in [0.05, 0.1) is 7.11 Å². The molecule has 1 aromatic rings. The summed E-state index contributed by atoms with van der Waals surface area (Å²) >= 11 is 0. The predicted octanol–water partition coefficient (Wildman–Crippen LogP) is 2.25. The zero-order valence-electron chi connectivity index (χ0n) is 10.3. The van der Waals surface area contributed by atoms with Crippen LogP contribution >= 0.6 is 0 Å². The summed E-state index contributed by atoms with van der Waals surface area (Å²) in [5.74, 6) is -0.0390. The van der Waals surface area contributed by atoms with E-state index in [0.717, 1.165) is 18.8 Å². The van der Waals surface area contributed by atoms with Gasteiger partial charge in [-0.2, -0.15) is 0 Å². The van der Waals surface area contributed by atoms with Crippen molar-refractivity contribution in [1.29, 1.82) is 0 Å². The summed E-state index contributed by atoms with van der Waals surface area (Å²) in [4.78, 5) is 0. The van der Waals surface area contributed by atoms with Crippen molar-refractivity contribution < 1.29 is 9.13 Å². The van der Waals surface area contributed by atoms with Crippen LogP contribution in [0.25, 0.3) is 0 Å². The fraction of sp³-hybridized carbons (Fsp3) is 0.538. The van der Waals surface area contributed by atoms with Gasteiger partial charge in [0, 0.05) is 30.3 Å². The number of benzene rings is 1. The second-order valence-electron chi connectivity index (χ2n) is 4.73. The van der Waals surface area contributed by atoms with Crippen LogP contribution in [0.5, 0.6) is 5.75 Å². The maximum atomic E-state index is 13.5. The first kappa shape index (κ1) is 12.2. The zero-order valence-corrected chi connectivity index (χ0v) is 10.3. The van der Waals surface area contributed by atoms with E-state index >= 15 is 0 Å². The maximum absolute atomic E-state index is 13.5. The standard InChI is InChI=1S/C13H19FN2O/c1-15-8-13(5-6-13)9-16-10-3-4-12(17-2)11(14)7-10/h3-4,7,15-16H,5-6,8-9H2,1-2H3. The lowest BCUT2D eigenvalue weighted by Crippen LogP contribution is -2.26. The molecule has 0 saturated heterocycles. The van der Waals surface area contributed by atoms with E-state index in [-0.39, 0.29) is 11.6 Å². The molecule has 2 N–H and O–H groups in total. The molecule has 1 aromatic carbocycles. The van der Waals surface area contributed by atoms with Crippen molar-refractivity contribution in [3.05, 3.63) is 24.0 Å². The van der Waals surface area contributed by atoms with Crippen molar-refractivity contribution in [1.82, 2.24) is 5.32 Å². The highest BCUT2D eigenvalue weighted by Gasteiger charge is 2.41. The van der Waals surface area contributed by atoms with Crippen LogP contribution in [0, 0.1) is 11.2 Å². The van der Waals surface area contributed by atoms with Gasteiger partial charge >= 0.3 is 0 Å². The van der Waals surface area contributed by atoms with Gasteiger partial charge in [-0.25, -0.2) is 4.39 Å². The highest BCUT2D eigenvalue weighted by Crippen LogP contribution is 2.44. The summed E-state index contributed by atoms with van der Waals surface area (Å²) in [7, 11) is 3.44. The average molecular weight is 238 g/mol. The topological polar surface area (TPSA) is 33.3 Å². The van der Waals surface area contributed by atoms with Gasteiger partial charge in [-0.3, -0.25) is 0 Å². The number of ether oxygens (including phenoxy) is 1. The Labute approximate surface area is 101 Å². The molecule has 17 heavy (non-hydrogen) atoms. The Hall–Kier alpha value is -1.29. The number of halogens is 1. The van der Waals surface area contributed by atoms with Crippen molar-refractivity contribution >= 4 is 5.69 Å². The van der Waals surface area contributed by atoms with Crippen molar-refractivity contribution in [3.63, 3.8) is 0 Å². The molecule has 1 aliphatic carbocycles. The molecule has 0 unspecified atom stereocenters. The molecular formula is C13H19FN2O. The smallest absolute Gasteiger partial charge is 0.167 e. The minimum absolute atomic E-state index is 0.284. The first-order valence-electron chi connectivity index (χ1n) is 5.91. The summed E-state index contributed by atoms with van der Waals surface area (Å²) in [5, 5.41) is 6.49. The number of rotatable bonds is 6. The molecule has 1 fully saturated rings. The van der Waals surface area contributed by atoms with Crippen LogP contribution in [0.2, 0.25) is 0 Å². The van der Waals surface area contributed by atoms with Crippen LogP contribution in [0.15, 0.2) is 18.2 Å². The average Bonchev–Trinajstić information content (AvgIpc) is 3.08. The van der Waals surface area contributed by atoms with Crippen LogP contribution in [0.3, 0.4) is 0 Å². The molecule has 0 bridgehead atoms. The fourth-order valence-electron chi connectivity index (χ4n) is 2.03. The van der Waals surface area contributed by atoms with E-state index in [9.17, 15) is 4.39 Å². The molecule has 1 aliphatic rings. The molecule has 0 heterocycles. The number of nitrogens with one attached hydrogen (secondary N) is 2. The van der Waals surface area contributed by atoms with Gasteiger partial charge in [-0.1, -0.05) is 0 Å². The first-order chi connectivity index (χ1) is 8.19. The Morgan fingerprint density at radius 3 is 2.65 bits per heavy atom. The molecule has 0 radical (unpaired) electrons. The van der Waals surface area contributed by atoms with Crippen molar-refractivity contribution in [2.24, 2.45) is 5.41 Å². The first-order valence-corrected chi connectivity index (χ1v) is 5.91. The molecule has 0 aliphatic heterocycles. The Morgan fingerprint density at radius 2 is 2.12 bits per heavy atom. The van der Waals surface area contributed by atoms with E-state index in [1.54, 1.807) is 6.07 Å². The van der Waals surface area contributed by atoms with Gasteiger partial charge in [0.2, 0.25) is 0 Å². The van der Waals surface area contributed by atoms with Crippen LogP contribution in [-0.2, 0) is 0 Å². The lowest BCUT2D eigenvalue weighted by Gasteiger charge is -2.16. The summed E-state index contributed by atoms with van der Waals surface area (Å²) in [6.45, 7) is 1.90. The Balaban J connectivity index is 1.93. The number of hydrogen-bond acceptors (Lipinski definition) is 3. The Morgan fingerprint density at radius 1 is 1.35 bits per heavy atom. The monoisotopic (exact) mass is 238 g/mol. The maximum Gasteiger partial charge on any atom is 0.167 e. The number of methoxy groups -OCH3 is 1. The third kappa shape index (κ3) is 2.88. The minimum atomic E-state index is -0.323. The lowest BCUT2D eigenvalue weighted by molar-refractivity contribution is 0.386. The normalized spacial score (nSPS) is 16.6. The van der Waals surface area contributed by atoms with Gasteiger partial charge in [-0.15, -0.1) is 0 Å².